The Hall–Kier alpha value is -1.60. The van der Waals surface area contributed by atoms with Crippen molar-refractivity contribution in [3.05, 3.63) is 29.3 Å². The van der Waals surface area contributed by atoms with E-state index >= 15 is 0 Å². The maximum Gasteiger partial charge on any atom is 0.253 e. The summed E-state index contributed by atoms with van der Waals surface area (Å²) >= 11 is 0. The summed E-state index contributed by atoms with van der Waals surface area (Å²) in [5.74, 6) is 0.903. The Labute approximate surface area is 181 Å². The molecule has 1 aromatic rings. The SMILES string of the molecule is CC1Cc2cc(C(=O)N3CCCN(CC4CCCCC4)CC3)ccc2N1S(C)(=O)=O. The van der Waals surface area contributed by atoms with Crippen LogP contribution >= 0.6 is 0 Å². The van der Waals surface area contributed by atoms with Crippen LogP contribution in [0.1, 0.15) is 61.4 Å². The first-order valence-corrected chi connectivity index (χ1v) is 13.3. The predicted octanol–water partition coefficient (Wildman–Crippen LogP) is 3.13. The van der Waals surface area contributed by atoms with Crippen LogP contribution in [0.3, 0.4) is 0 Å². The number of hydrogen-bond acceptors (Lipinski definition) is 4. The van der Waals surface area contributed by atoms with Gasteiger partial charge in [0, 0.05) is 37.8 Å². The van der Waals surface area contributed by atoms with Crippen molar-refractivity contribution in [3.8, 4) is 0 Å². The highest BCUT2D eigenvalue weighted by molar-refractivity contribution is 7.92. The van der Waals surface area contributed by atoms with Gasteiger partial charge in [0.25, 0.3) is 5.91 Å². The summed E-state index contributed by atoms with van der Waals surface area (Å²) in [6.07, 6.45) is 9.76. The van der Waals surface area contributed by atoms with Gasteiger partial charge >= 0.3 is 0 Å². The van der Waals surface area contributed by atoms with E-state index in [1.54, 1.807) is 12.1 Å². The largest absolute Gasteiger partial charge is 0.337 e. The zero-order valence-corrected chi connectivity index (χ0v) is 19.2. The molecule has 2 fully saturated rings. The first-order chi connectivity index (χ1) is 14.3. The smallest absolute Gasteiger partial charge is 0.253 e. The third kappa shape index (κ3) is 4.67. The number of benzene rings is 1. The lowest BCUT2D eigenvalue weighted by Crippen LogP contribution is -2.37. The van der Waals surface area contributed by atoms with Gasteiger partial charge in [0.1, 0.15) is 0 Å². The van der Waals surface area contributed by atoms with Crippen molar-refractivity contribution < 1.29 is 13.2 Å². The van der Waals surface area contributed by atoms with E-state index in [4.69, 9.17) is 0 Å². The van der Waals surface area contributed by atoms with Gasteiger partial charge < -0.3 is 9.80 Å². The number of anilines is 1. The zero-order valence-electron chi connectivity index (χ0n) is 18.3. The quantitative estimate of drug-likeness (QED) is 0.732. The molecule has 30 heavy (non-hydrogen) atoms. The van der Waals surface area contributed by atoms with Crippen LogP contribution < -0.4 is 4.31 Å². The number of nitrogens with zero attached hydrogens (tertiary/aromatic N) is 3. The summed E-state index contributed by atoms with van der Waals surface area (Å²) in [6, 6.07) is 5.40. The molecule has 0 bridgehead atoms. The molecule has 2 heterocycles. The molecule has 0 N–H and O–H groups in total. The normalized spacial score (nSPS) is 24.0. The summed E-state index contributed by atoms with van der Waals surface area (Å²) in [4.78, 5) is 17.7. The molecule has 0 aromatic heterocycles. The van der Waals surface area contributed by atoms with Crippen LogP contribution in [0.25, 0.3) is 0 Å². The fraction of sp³-hybridized carbons (Fsp3) is 0.696. The molecule has 166 valence electrons. The van der Waals surface area contributed by atoms with E-state index in [1.165, 1.54) is 49.2 Å². The van der Waals surface area contributed by atoms with Crippen molar-refractivity contribution in [3.63, 3.8) is 0 Å². The molecule has 0 spiro atoms. The number of amides is 1. The molecule has 1 amide bonds. The molecule has 1 atom stereocenters. The van der Waals surface area contributed by atoms with E-state index < -0.39 is 10.0 Å². The Balaban J connectivity index is 1.41. The molecular weight excluding hydrogens is 398 g/mol. The van der Waals surface area contributed by atoms with Crippen molar-refractivity contribution in [2.24, 2.45) is 5.92 Å². The Bertz CT molecular complexity index is 880. The molecule has 0 radical (unpaired) electrons. The maximum absolute atomic E-state index is 13.2. The lowest BCUT2D eigenvalue weighted by Gasteiger charge is -2.28. The van der Waals surface area contributed by atoms with Crippen LogP contribution in [0.15, 0.2) is 18.2 Å². The predicted molar refractivity (Wildman–Crippen MR) is 120 cm³/mol. The van der Waals surface area contributed by atoms with E-state index in [2.05, 4.69) is 4.90 Å². The molecule has 6 nitrogen and oxygen atoms in total. The minimum absolute atomic E-state index is 0.0720. The van der Waals surface area contributed by atoms with Crippen molar-refractivity contribution in [2.45, 2.75) is 57.9 Å². The molecule has 3 aliphatic rings. The second-order valence-electron chi connectivity index (χ2n) is 9.41. The number of carbonyl (C=O) groups is 1. The summed E-state index contributed by atoms with van der Waals surface area (Å²) in [5, 5.41) is 0. The number of rotatable bonds is 4. The number of sulfonamides is 1. The Morgan fingerprint density at radius 3 is 2.53 bits per heavy atom. The van der Waals surface area contributed by atoms with E-state index in [9.17, 15) is 13.2 Å². The molecule has 2 aliphatic heterocycles. The van der Waals surface area contributed by atoms with E-state index in [0.29, 0.717) is 12.0 Å². The standard InChI is InChI=1S/C23H35N3O3S/c1-18-15-21-16-20(9-10-22(21)26(18)30(2,28)29)23(27)25-12-6-11-24(13-14-25)17-19-7-4-3-5-8-19/h9-10,16,18-19H,3-8,11-15,17H2,1-2H3. The third-order valence-electron chi connectivity index (χ3n) is 6.95. The summed E-state index contributed by atoms with van der Waals surface area (Å²) in [6.45, 7) is 6.69. The third-order valence-corrected chi connectivity index (χ3v) is 8.22. The van der Waals surface area contributed by atoms with Gasteiger partial charge in [0.15, 0.2) is 0 Å². The van der Waals surface area contributed by atoms with Crippen molar-refractivity contribution >= 4 is 21.6 Å². The van der Waals surface area contributed by atoms with Gasteiger partial charge in [-0.2, -0.15) is 0 Å². The monoisotopic (exact) mass is 433 g/mol. The molecule has 4 rings (SSSR count). The van der Waals surface area contributed by atoms with Gasteiger partial charge in [-0.25, -0.2) is 8.42 Å². The van der Waals surface area contributed by atoms with Crippen LogP contribution in [0, 0.1) is 5.92 Å². The van der Waals surface area contributed by atoms with Gasteiger partial charge in [0.2, 0.25) is 10.0 Å². The molecule has 1 unspecified atom stereocenters. The summed E-state index contributed by atoms with van der Waals surface area (Å²) in [7, 11) is -3.31. The van der Waals surface area contributed by atoms with E-state index in [1.807, 2.05) is 17.9 Å². The van der Waals surface area contributed by atoms with Crippen LogP contribution in [0.5, 0.6) is 0 Å². The lowest BCUT2D eigenvalue weighted by atomic mass is 9.89. The minimum Gasteiger partial charge on any atom is -0.337 e. The zero-order chi connectivity index (χ0) is 21.3. The average Bonchev–Trinajstić information content (AvgIpc) is 2.88. The topological polar surface area (TPSA) is 60.9 Å². The summed E-state index contributed by atoms with van der Waals surface area (Å²) < 4.78 is 25.7. The van der Waals surface area contributed by atoms with Gasteiger partial charge in [-0.1, -0.05) is 19.3 Å². The highest BCUT2D eigenvalue weighted by Gasteiger charge is 2.33. The number of fused-ring (bicyclic) bond motifs is 1. The highest BCUT2D eigenvalue weighted by atomic mass is 32.2. The van der Waals surface area contributed by atoms with Crippen molar-refractivity contribution in [2.75, 3.05) is 43.3 Å². The van der Waals surface area contributed by atoms with Gasteiger partial charge in [-0.05, 0) is 68.8 Å². The van der Waals surface area contributed by atoms with Gasteiger partial charge in [-0.3, -0.25) is 9.10 Å². The lowest BCUT2D eigenvalue weighted by molar-refractivity contribution is 0.0760. The van der Waals surface area contributed by atoms with Crippen LogP contribution in [0.4, 0.5) is 5.69 Å². The van der Waals surface area contributed by atoms with E-state index in [0.717, 1.165) is 49.8 Å². The second kappa shape index (κ2) is 8.87. The fourth-order valence-corrected chi connectivity index (χ4v) is 6.78. The molecule has 1 aromatic carbocycles. The first kappa shape index (κ1) is 21.6. The second-order valence-corrected chi connectivity index (χ2v) is 11.3. The number of hydrogen-bond donors (Lipinski definition) is 0. The first-order valence-electron chi connectivity index (χ1n) is 11.5. The van der Waals surface area contributed by atoms with Crippen molar-refractivity contribution in [1.29, 1.82) is 0 Å². The average molecular weight is 434 g/mol. The van der Waals surface area contributed by atoms with Crippen molar-refractivity contribution in [1.82, 2.24) is 9.80 Å². The maximum atomic E-state index is 13.2. The molecule has 1 saturated carbocycles. The number of carbonyl (C=O) groups excluding carboxylic acids is 1. The highest BCUT2D eigenvalue weighted by Crippen LogP contribution is 2.35. The molecule has 1 saturated heterocycles. The fourth-order valence-electron chi connectivity index (χ4n) is 5.52. The van der Waals surface area contributed by atoms with Crippen LogP contribution in [-0.4, -0.2) is 69.1 Å². The minimum atomic E-state index is -3.31. The van der Waals surface area contributed by atoms with E-state index in [-0.39, 0.29) is 11.9 Å². The molecular formula is C23H35N3O3S. The Morgan fingerprint density at radius 2 is 1.80 bits per heavy atom. The Morgan fingerprint density at radius 1 is 1.03 bits per heavy atom. The van der Waals surface area contributed by atoms with Crippen LogP contribution in [-0.2, 0) is 16.4 Å². The van der Waals surface area contributed by atoms with Gasteiger partial charge in [0.05, 0.1) is 11.9 Å². The summed E-state index contributed by atoms with van der Waals surface area (Å²) in [5.41, 5.74) is 2.35. The van der Waals surface area contributed by atoms with Crippen LogP contribution in [0.2, 0.25) is 0 Å². The Kier molecular flexibility index (Phi) is 6.39. The van der Waals surface area contributed by atoms with Gasteiger partial charge in [-0.15, -0.1) is 0 Å². The molecule has 1 aliphatic carbocycles. The molecule has 7 heteroatoms.